The highest BCUT2D eigenvalue weighted by Crippen LogP contribution is 2.30. The van der Waals surface area contributed by atoms with Crippen LogP contribution in [0.2, 0.25) is 0 Å². The van der Waals surface area contributed by atoms with Gasteiger partial charge in [-0.25, -0.2) is 0 Å². The van der Waals surface area contributed by atoms with E-state index in [2.05, 4.69) is 39.8 Å². The van der Waals surface area contributed by atoms with Gasteiger partial charge in [0.05, 0.1) is 26.4 Å². The van der Waals surface area contributed by atoms with E-state index in [-0.39, 0.29) is 0 Å². The number of rotatable bonds is 14. The second kappa shape index (κ2) is 13.6. The molecule has 0 radical (unpaired) electrons. The van der Waals surface area contributed by atoms with E-state index in [1.54, 1.807) is 0 Å². The lowest BCUT2D eigenvalue weighted by molar-refractivity contribution is 0.308. The third-order valence-electron chi connectivity index (χ3n) is 4.27. The molecular formula is C26H36O4. The minimum atomic E-state index is 0.682. The van der Waals surface area contributed by atoms with Gasteiger partial charge in [0.2, 0.25) is 0 Å². The van der Waals surface area contributed by atoms with Gasteiger partial charge in [-0.1, -0.05) is 39.8 Å². The third kappa shape index (κ3) is 7.66. The van der Waals surface area contributed by atoms with E-state index in [1.165, 1.54) is 0 Å². The van der Waals surface area contributed by atoms with Crippen LogP contribution in [-0.4, -0.2) is 26.4 Å². The highest BCUT2D eigenvalue weighted by Gasteiger charge is 2.07. The molecule has 30 heavy (non-hydrogen) atoms. The second-order valence-electron chi connectivity index (χ2n) is 7.13. The summed E-state index contributed by atoms with van der Waals surface area (Å²) in [6, 6.07) is 12.0. The Morgan fingerprint density at radius 1 is 0.533 bits per heavy atom. The highest BCUT2D eigenvalue weighted by molar-refractivity contribution is 5.76. The minimum Gasteiger partial charge on any atom is -0.494 e. The quantitative estimate of drug-likeness (QED) is 0.313. The molecule has 0 saturated heterocycles. The Morgan fingerprint density at radius 2 is 0.900 bits per heavy atom. The summed E-state index contributed by atoms with van der Waals surface area (Å²) in [6.07, 6.45) is 7.99. The van der Waals surface area contributed by atoms with Crippen LogP contribution in [0.5, 0.6) is 23.0 Å². The standard InChI is InChI=1S/C26H36O4/c1-5-15-27-23-11-13-25(29-17-7-3)21(19-23)9-10-22-20-24(28-16-6-2)12-14-26(22)30-18-8-4/h9-14,19-20H,5-8,15-18H2,1-4H3/b10-9+. The van der Waals surface area contributed by atoms with Gasteiger partial charge in [0.15, 0.2) is 0 Å². The Labute approximate surface area is 181 Å². The fourth-order valence-electron chi connectivity index (χ4n) is 2.80. The normalized spacial score (nSPS) is 10.9. The van der Waals surface area contributed by atoms with Crippen molar-refractivity contribution in [2.75, 3.05) is 26.4 Å². The van der Waals surface area contributed by atoms with Gasteiger partial charge in [-0.2, -0.15) is 0 Å². The van der Waals surface area contributed by atoms with Crippen molar-refractivity contribution in [1.82, 2.24) is 0 Å². The first-order chi connectivity index (χ1) is 14.7. The molecule has 2 aromatic carbocycles. The van der Waals surface area contributed by atoms with Crippen LogP contribution in [0.1, 0.15) is 64.5 Å². The Kier molecular flexibility index (Phi) is 10.7. The van der Waals surface area contributed by atoms with Crippen LogP contribution >= 0.6 is 0 Å². The molecule has 0 atom stereocenters. The lowest BCUT2D eigenvalue weighted by atomic mass is 10.1. The van der Waals surface area contributed by atoms with Gasteiger partial charge in [-0.3, -0.25) is 0 Å². The number of hydrogen-bond donors (Lipinski definition) is 0. The summed E-state index contributed by atoms with van der Waals surface area (Å²) in [4.78, 5) is 0. The minimum absolute atomic E-state index is 0.682. The fourth-order valence-corrected chi connectivity index (χ4v) is 2.80. The molecule has 0 aliphatic heterocycles. The van der Waals surface area contributed by atoms with Crippen LogP contribution in [0, 0.1) is 0 Å². The largest absolute Gasteiger partial charge is 0.494 e. The molecule has 0 fully saturated rings. The van der Waals surface area contributed by atoms with E-state index in [1.807, 2.05) is 36.4 Å². The Balaban J connectivity index is 2.33. The van der Waals surface area contributed by atoms with Crippen LogP contribution < -0.4 is 18.9 Å². The lowest BCUT2D eigenvalue weighted by Crippen LogP contribution is -2.00. The highest BCUT2D eigenvalue weighted by atomic mass is 16.5. The van der Waals surface area contributed by atoms with Crippen LogP contribution in [-0.2, 0) is 0 Å². The maximum atomic E-state index is 5.94. The van der Waals surface area contributed by atoms with Gasteiger partial charge in [0.1, 0.15) is 23.0 Å². The van der Waals surface area contributed by atoms with Crippen molar-refractivity contribution in [3.05, 3.63) is 47.5 Å². The van der Waals surface area contributed by atoms with E-state index < -0.39 is 0 Å². The van der Waals surface area contributed by atoms with E-state index in [0.29, 0.717) is 26.4 Å². The maximum Gasteiger partial charge on any atom is 0.126 e. The summed E-state index contributed by atoms with van der Waals surface area (Å²) in [5.41, 5.74) is 1.97. The second-order valence-corrected chi connectivity index (χ2v) is 7.13. The van der Waals surface area contributed by atoms with E-state index >= 15 is 0 Å². The number of hydrogen-bond acceptors (Lipinski definition) is 4. The Bertz CT molecular complexity index is 717. The van der Waals surface area contributed by atoms with E-state index in [0.717, 1.165) is 59.8 Å². The van der Waals surface area contributed by atoms with E-state index in [9.17, 15) is 0 Å². The average Bonchev–Trinajstić information content (AvgIpc) is 2.78. The smallest absolute Gasteiger partial charge is 0.126 e. The van der Waals surface area contributed by atoms with Crippen molar-refractivity contribution < 1.29 is 18.9 Å². The van der Waals surface area contributed by atoms with Gasteiger partial charge < -0.3 is 18.9 Å². The molecule has 0 N–H and O–H groups in total. The summed E-state index contributed by atoms with van der Waals surface area (Å²) in [5.74, 6) is 3.41. The molecule has 0 saturated carbocycles. The topological polar surface area (TPSA) is 36.9 Å². The third-order valence-corrected chi connectivity index (χ3v) is 4.27. The summed E-state index contributed by atoms with van der Waals surface area (Å²) in [6.45, 7) is 11.2. The first-order valence-corrected chi connectivity index (χ1v) is 11.2. The van der Waals surface area contributed by atoms with Gasteiger partial charge in [-0.05, 0) is 62.1 Å². The maximum absolute atomic E-state index is 5.94. The number of benzene rings is 2. The SMILES string of the molecule is CCCOc1ccc(OCCC)c(/C=C/c2cc(OCCC)ccc2OCCC)c1. The molecule has 4 nitrogen and oxygen atoms in total. The predicted octanol–water partition coefficient (Wildman–Crippen LogP) is 7.01. The summed E-state index contributed by atoms with van der Waals surface area (Å²) >= 11 is 0. The van der Waals surface area contributed by atoms with Gasteiger partial charge in [0.25, 0.3) is 0 Å². The first-order valence-electron chi connectivity index (χ1n) is 11.2. The van der Waals surface area contributed by atoms with Crippen molar-refractivity contribution in [3.63, 3.8) is 0 Å². The van der Waals surface area contributed by atoms with Crippen molar-refractivity contribution in [1.29, 1.82) is 0 Å². The monoisotopic (exact) mass is 412 g/mol. The first kappa shape index (κ1) is 23.7. The molecule has 0 aromatic heterocycles. The van der Waals surface area contributed by atoms with E-state index in [4.69, 9.17) is 18.9 Å². The molecule has 2 rings (SSSR count). The van der Waals surface area contributed by atoms with Crippen LogP contribution in [0.3, 0.4) is 0 Å². The Hall–Kier alpha value is -2.62. The van der Waals surface area contributed by atoms with Crippen LogP contribution in [0.25, 0.3) is 12.2 Å². The molecule has 0 heterocycles. The number of ether oxygens (including phenoxy) is 4. The van der Waals surface area contributed by atoms with Gasteiger partial charge >= 0.3 is 0 Å². The molecule has 0 bridgehead atoms. The molecule has 0 spiro atoms. The van der Waals surface area contributed by atoms with Crippen LogP contribution in [0.4, 0.5) is 0 Å². The molecule has 164 valence electrons. The van der Waals surface area contributed by atoms with Crippen molar-refractivity contribution >= 4 is 12.2 Å². The zero-order chi connectivity index (χ0) is 21.6. The Morgan fingerprint density at radius 3 is 1.27 bits per heavy atom. The van der Waals surface area contributed by atoms with Gasteiger partial charge in [-0.15, -0.1) is 0 Å². The van der Waals surface area contributed by atoms with Crippen molar-refractivity contribution in [2.45, 2.75) is 53.4 Å². The van der Waals surface area contributed by atoms with Crippen molar-refractivity contribution in [2.24, 2.45) is 0 Å². The zero-order valence-corrected chi connectivity index (χ0v) is 18.9. The zero-order valence-electron chi connectivity index (χ0n) is 18.9. The predicted molar refractivity (Wildman–Crippen MR) is 125 cm³/mol. The molecule has 2 aromatic rings. The molecule has 0 amide bonds. The molecule has 0 aliphatic rings. The van der Waals surface area contributed by atoms with Crippen molar-refractivity contribution in [3.8, 4) is 23.0 Å². The fraction of sp³-hybridized carbons (Fsp3) is 0.462. The summed E-state index contributed by atoms with van der Waals surface area (Å²) in [5, 5.41) is 0. The average molecular weight is 413 g/mol. The van der Waals surface area contributed by atoms with Gasteiger partial charge in [0, 0.05) is 11.1 Å². The molecular weight excluding hydrogens is 376 g/mol. The molecule has 0 aliphatic carbocycles. The molecule has 4 heteroatoms. The van der Waals surface area contributed by atoms with Crippen LogP contribution in [0.15, 0.2) is 36.4 Å². The summed E-state index contributed by atoms with van der Waals surface area (Å²) in [7, 11) is 0. The lowest BCUT2D eigenvalue weighted by Gasteiger charge is -2.13. The summed E-state index contributed by atoms with van der Waals surface area (Å²) < 4.78 is 23.5. The molecule has 0 unspecified atom stereocenters.